The third-order valence-electron chi connectivity index (χ3n) is 2.37. The third kappa shape index (κ3) is 2.37. The van der Waals surface area contributed by atoms with E-state index < -0.39 is 0 Å². The molecule has 0 N–H and O–H groups in total. The van der Waals surface area contributed by atoms with Crippen molar-refractivity contribution in [2.24, 2.45) is 5.92 Å². The Hall–Kier alpha value is -0.480. The van der Waals surface area contributed by atoms with Crippen LogP contribution >= 0.6 is 27.7 Å². The molecule has 3 unspecified atom stereocenters. The van der Waals surface area contributed by atoms with Crippen molar-refractivity contribution >= 4 is 33.7 Å². The van der Waals surface area contributed by atoms with E-state index in [1.165, 1.54) is 0 Å². The number of halogens is 1. The molecule has 1 saturated heterocycles. The molecule has 0 aromatic heterocycles. The van der Waals surface area contributed by atoms with Crippen molar-refractivity contribution in [1.82, 2.24) is 0 Å². The highest BCUT2D eigenvalue weighted by Gasteiger charge is 2.40. The maximum absolute atomic E-state index is 11.3. The van der Waals surface area contributed by atoms with E-state index in [1.807, 2.05) is 37.3 Å². The molecule has 1 aromatic rings. The van der Waals surface area contributed by atoms with E-state index in [9.17, 15) is 4.79 Å². The number of benzene rings is 1. The van der Waals surface area contributed by atoms with Gasteiger partial charge in [0.2, 0.25) is 0 Å². The van der Waals surface area contributed by atoms with Crippen molar-refractivity contribution in [3.8, 4) is 0 Å². The number of esters is 1. The van der Waals surface area contributed by atoms with Crippen LogP contribution in [0.4, 0.5) is 0 Å². The zero-order chi connectivity index (χ0) is 10.8. The number of ether oxygens (including phenoxy) is 1. The third-order valence-corrected chi connectivity index (χ3v) is 4.95. The first-order valence-corrected chi connectivity index (χ1v) is 6.54. The average Bonchev–Trinajstić information content (AvgIpc) is 2.47. The van der Waals surface area contributed by atoms with Gasteiger partial charge in [0.05, 0.1) is 11.2 Å². The SMILES string of the molecule is CC1C(=O)OC(Br)C1Sc1ccccc1. The van der Waals surface area contributed by atoms with E-state index in [-0.39, 0.29) is 22.2 Å². The Kier molecular flexibility index (Phi) is 3.36. The number of carbonyl (C=O) groups is 1. The molecule has 15 heavy (non-hydrogen) atoms. The quantitative estimate of drug-likeness (QED) is 0.617. The fourth-order valence-corrected chi connectivity index (χ4v) is 3.53. The lowest BCUT2D eigenvalue weighted by Crippen LogP contribution is -2.17. The Bertz CT molecular complexity index is 355. The van der Waals surface area contributed by atoms with Crippen molar-refractivity contribution in [1.29, 1.82) is 0 Å². The van der Waals surface area contributed by atoms with Gasteiger partial charge in [-0.05, 0) is 28.1 Å². The highest BCUT2D eigenvalue weighted by Crippen LogP contribution is 2.38. The van der Waals surface area contributed by atoms with Crippen molar-refractivity contribution in [3.63, 3.8) is 0 Å². The maximum atomic E-state index is 11.3. The van der Waals surface area contributed by atoms with Gasteiger partial charge in [-0.25, -0.2) is 0 Å². The average molecular weight is 287 g/mol. The minimum atomic E-state index is -0.176. The van der Waals surface area contributed by atoms with E-state index >= 15 is 0 Å². The zero-order valence-electron chi connectivity index (χ0n) is 8.22. The lowest BCUT2D eigenvalue weighted by atomic mass is 10.1. The van der Waals surface area contributed by atoms with Crippen LogP contribution in [0.25, 0.3) is 0 Å². The fourth-order valence-electron chi connectivity index (χ4n) is 1.46. The molecule has 80 valence electrons. The molecule has 3 atom stereocenters. The monoisotopic (exact) mass is 286 g/mol. The van der Waals surface area contributed by atoms with Crippen LogP contribution < -0.4 is 0 Å². The summed E-state index contributed by atoms with van der Waals surface area (Å²) >= 11 is 5.06. The van der Waals surface area contributed by atoms with Crippen molar-refractivity contribution < 1.29 is 9.53 Å². The number of alkyl halides is 1. The Labute approximate surface area is 102 Å². The second kappa shape index (κ2) is 4.58. The summed E-state index contributed by atoms with van der Waals surface area (Å²) in [5.41, 5.74) is 0. The minimum absolute atomic E-state index is 0.0559. The normalized spacial score (nSPS) is 30.3. The molecule has 0 spiro atoms. The first kappa shape index (κ1) is 11.0. The summed E-state index contributed by atoms with van der Waals surface area (Å²) in [6, 6.07) is 10.1. The minimum Gasteiger partial charge on any atom is -0.449 e. The van der Waals surface area contributed by atoms with Crippen LogP contribution in [0.15, 0.2) is 35.2 Å². The highest BCUT2D eigenvalue weighted by molar-refractivity contribution is 9.09. The molecule has 4 heteroatoms. The summed E-state index contributed by atoms with van der Waals surface area (Å²) in [5.74, 6) is -0.176. The van der Waals surface area contributed by atoms with Gasteiger partial charge in [0.1, 0.15) is 0 Å². The van der Waals surface area contributed by atoms with Gasteiger partial charge in [0.15, 0.2) is 5.01 Å². The molecule has 2 nitrogen and oxygen atoms in total. The smallest absolute Gasteiger partial charge is 0.311 e. The zero-order valence-corrected chi connectivity index (χ0v) is 10.6. The molecular formula is C11H11BrO2S. The van der Waals surface area contributed by atoms with Crippen molar-refractivity contribution in [2.45, 2.75) is 22.1 Å². The van der Waals surface area contributed by atoms with Gasteiger partial charge < -0.3 is 4.74 Å². The summed E-state index contributed by atoms with van der Waals surface area (Å²) in [5, 5.41) is -0.0230. The van der Waals surface area contributed by atoms with Gasteiger partial charge in [-0.3, -0.25) is 4.79 Å². The summed E-state index contributed by atoms with van der Waals surface area (Å²) in [7, 11) is 0. The second-order valence-corrected chi connectivity index (χ2v) is 5.63. The van der Waals surface area contributed by atoms with E-state index in [0.717, 1.165) is 4.90 Å². The predicted octanol–water partition coefficient (Wildman–Crippen LogP) is 3.06. The van der Waals surface area contributed by atoms with E-state index in [1.54, 1.807) is 11.8 Å². The number of carbonyl (C=O) groups excluding carboxylic acids is 1. The van der Waals surface area contributed by atoms with E-state index in [4.69, 9.17) is 4.74 Å². The fraction of sp³-hybridized carbons (Fsp3) is 0.364. The number of thioether (sulfide) groups is 1. The van der Waals surface area contributed by atoms with Crippen LogP contribution in [0.5, 0.6) is 0 Å². The largest absolute Gasteiger partial charge is 0.449 e. The molecule has 1 heterocycles. The number of rotatable bonds is 2. The van der Waals surface area contributed by atoms with Crippen LogP contribution in [0.1, 0.15) is 6.92 Å². The Balaban J connectivity index is 2.09. The standard InChI is InChI=1S/C11H11BrO2S/c1-7-9(10(12)14-11(7)13)15-8-5-3-2-4-6-8/h2-7,9-10H,1H3. The molecule has 0 saturated carbocycles. The molecule has 0 bridgehead atoms. The topological polar surface area (TPSA) is 26.3 Å². The van der Waals surface area contributed by atoms with Gasteiger partial charge in [0, 0.05) is 4.90 Å². The molecule has 0 aliphatic carbocycles. The summed E-state index contributed by atoms with van der Waals surface area (Å²) < 4.78 is 5.12. The van der Waals surface area contributed by atoms with Crippen LogP contribution in [0, 0.1) is 5.92 Å². The first-order valence-electron chi connectivity index (χ1n) is 4.75. The molecule has 1 aromatic carbocycles. The van der Waals surface area contributed by atoms with E-state index in [2.05, 4.69) is 15.9 Å². The molecule has 0 radical (unpaired) electrons. The first-order chi connectivity index (χ1) is 7.18. The van der Waals surface area contributed by atoms with E-state index in [0.29, 0.717) is 0 Å². The molecule has 1 aliphatic rings. The Morgan fingerprint density at radius 1 is 1.33 bits per heavy atom. The molecule has 0 amide bonds. The predicted molar refractivity (Wildman–Crippen MR) is 64.1 cm³/mol. The molecule has 1 aliphatic heterocycles. The van der Waals surface area contributed by atoms with Crippen molar-refractivity contribution in [3.05, 3.63) is 30.3 Å². The van der Waals surface area contributed by atoms with Crippen molar-refractivity contribution in [2.75, 3.05) is 0 Å². The van der Waals surface area contributed by atoms with Crippen LogP contribution in [-0.4, -0.2) is 16.2 Å². The van der Waals surface area contributed by atoms with Crippen LogP contribution in [0.3, 0.4) is 0 Å². The molecule has 2 rings (SSSR count). The second-order valence-electron chi connectivity index (χ2n) is 3.47. The number of hydrogen-bond acceptors (Lipinski definition) is 3. The van der Waals surface area contributed by atoms with Gasteiger partial charge >= 0.3 is 5.97 Å². The number of cyclic esters (lactones) is 1. The summed E-state index contributed by atoms with van der Waals surface area (Å²) in [4.78, 5) is 12.5. The highest BCUT2D eigenvalue weighted by atomic mass is 79.9. The summed E-state index contributed by atoms with van der Waals surface area (Å²) in [6.07, 6.45) is 0. The lowest BCUT2D eigenvalue weighted by Gasteiger charge is -2.13. The summed E-state index contributed by atoms with van der Waals surface area (Å²) in [6.45, 7) is 1.91. The van der Waals surface area contributed by atoms with Gasteiger partial charge in [-0.15, -0.1) is 11.8 Å². The van der Waals surface area contributed by atoms with Crippen LogP contribution in [-0.2, 0) is 9.53 Å². The lowest BCUT2D eigenvalue weighted by molar-refractivity contribution is -0.141. The van der Waals surface area contributed by atoms with Crippen LogP contribution in [0.2, 0.25) is 0 Å². The maximum Gasteiger partial charge on any atom is 0.311 e. The van der Waals surface area contributed by atoms with Gasteiger partial charge in [-0.2, -0.15) is 0 Å². The Morgan fingerprint density at radius 3 is 2.53 bits per heavy atom. The van der Waals surface area contributed by atoms with Gasteiger partial charge in [0.25, 0.3) is 0 Å². The molecular weight excluding hydrogens is 276 g/mol. The molecule has 1 fully saturated rings. The van der Waals surface area contributed by atoms with Gasteiger partial charge in [-0.1, -0.05) is 25.1 Å². The number of hydrogen-bond donors (Lipinski definition) is 0. The Morgan fingerprint density at radius 2 is 2.00 bits per heavy atom.